The summed E-state index contributed by atoms with van der Waals surface area (Å²) < 4.78 is 16.0. The maximum absolute atomic E-state index is 8.81. The summed E-state index contributed by atoms with van der Waals surface area (Å²) in [6.45, 7) is 6.73. The van der Waals surface area contributed by atoms with E-state index in [2.05, 4.69) is 10.2 Å². The fourth-order valence-corrected chi connectivity index (χ4v) is 1.31. The number of nitrogens with zero attached hydrogens (tertiary/aromatic N) is 1. The number of ether oxygens (including phenoxy) is 3. The van der Waals surface area contributed by atoms with E-state index in [-0.39, 0.29) is 0 Å². The molecule has 14 heavy (non-hydrogen) atoms. The summed E-state index contributed by atoms with van der Waals surface area (Å²) in [6.07, 6.45) is 0. The Bertz CT molecular complexity index is 176. The maximum atomic E-state index is 8.81. The van der Waals surface area contributed by atoms with Gasteiger partial charge in [0.05, 0.1) is 16.3 Å². The van der Waals surface area contributed by atoms with E-state index in [0.717, 1.165) is 0 Å². The van der Waals surface area contributed by atoms with Crippen LogP contribution in [0.3, 0.4) is 0 Å². The van der Waals surface area contributed by atoms with Crippen LogP contribution in [-0.2, 0) is 14.2 Å². The molecule has 0 aliphatic rings. The third-order valence-corrected chi connectivity index (χ3v) is 2.00. The highest BCUT2D eigenvalue weighted by molar-refractivity contribution is 6.14. The molecule has 0 fully saturated rings. The molecular weight excluding hydrogens is 198 g/mol. The number of rotatable bonds is 7. The van der Waals surface area contributed by atoms with Crippen molar-refractivity contribution in [2.45, 2.75) is 32.3 Å². The van der Waals surface area contributed by atoms with Crippen LogP contribution in [-0.4, -0.2) is 36.0 Å². The Balaban J connectivity index is 4.64. The Labute approximate surface area is 88.6 Å². The molecule has 0 aromatic heterocycles. The van der Waals surface area contributed by atoms with Crippen LogP contribution in [0.4, 0.5) is 0 Å². The van der Waals surface area contributed by atoms with Gasteiger partial charge in [-0.05, 0) is 20.8 Å². The highest BCUT2D eigenvalue weighted by atomic mass is 28.1. The zero-order chi connectivity index (χ0) is 11.0. The molecule has 0 aromatic carbocycles. The van der Waals surface area contributed by atoms with Crippen molar-refractivity contribution in [3.8, 4) is 6.07 Å². The van der Waals surface area contributed by atoms with E-state index in [1.165, 1.54) is 0 Å². The van der Waals surface area contributed by atoms with Crippen molar-refractivity contribution in [1.29, 1.82) is 5.26 Å². The molecule has 0 aliphatic heterocycles. The Kier molecular flexibility index (Phi) is 6.75. The molecule has 0 spiro atoms. The summed E-state index contributed by atoms with van der Waals surface area (Å²) in [5.74, 6) is -1.29. The van der Waals surface area contributed by atoms with Crippen molar-refractivity contribution in [3.05, 3.63) is 0 Å². The van der Waals surface area contributed by atoms with Gasteiger partial charge in [-0.2, -0.15) is 5.26 Å². The molecule has 0 N–H and O–H groups in total. The fourth-order valence-electron chi connectivity index (χ4n) is 1.06. The first-order valence-electron chi connectivity index (χ1n) is 4.69. The van der Waals surface area contributed by atoms with Gasteiger partial charge in [-0.15, -0.1) is 0 Å². The van der Waals surface area contributed by atoms with Gasteiger partial charge in [0.2, 0.25) is 0 Å². The zero-order valence-electron chi connectivity index (χ0n) is 8.87. The molecule has 0 aromatic rings. The molecule has 0 rings (SSSR count). The Morgan fingerprint density at radius 2 is 1.50 bits per heavy atom. The fraction of sp³-hybridized carbons (Fsp3) is 0.889. The van der Waals surface area contributed by atoms with Gasteiger partial charge in [-0.1, -0.05) is 0 Å². The molecule has 1 unspecified atom stereocenters. The normalized spacial score (nSPS) is 13.6. The minimum atomic E-state index is -1.29. The second-order valence-corrected chi connectivity index (χ2v) is 3.04. The van der Waals surface area contributed by atoms with Crippen LogP contribution in [0, 0.1) is 11.3 Å². The molecule has 0 aliphatic carbocycles. The number of hydrogen-bond acceptors (Lipinski definition) is 4. The smallest absolute Gasteiger partial charge is 0.295 e. The lowest BCUT2D eigenvalue weighted by Crippen LogP contribution is -2.43. The predicted octanol–water partition coefficient (Wildman–Crippen LogP) is 1.23. The highest BCUT2D eigenvalue weighted by Gasteiger charge is 2.39. The quantitative estimate of drug-likeness (QED) is 0.472. The predicted molar refractivity (Wildman–Crippen MR) is 52.7 cm³/mol. The van der Waals surface area contributed by atoms with Gasteiger partial charge in [0, 0.05) is 19.8 Å². The van der Waals surface area contributed by atoms with E-state index in [1.54, 1.807) is 0 Å². The van der Waals surface area contributed by atoms with Gasteiger partial charge >= 0.3 is 0 Å². The van der Waals surface area contributed by atoms with E-state index >= 15 is 0 Å². The van der Waals surface area contributed by atoms with Crippen LogP contribution in [0.2, 0.25) is 5.54 Å². The maximum Gasteiger partial charge on any atom is 0.295 e. The molecule has 1 atom stereocenters. The van der Waals surface area contributed by atoms with Crippen LogP contribution < -0.4 is 0 Å². The molecule has 0 heterocycles. The highest BCUT2D eigenvalue weighted by Crippen LogP contribution is 2.27. The monoisotopic (exact) mass is 214 g/mol. The van der Waals surface area contributed by atoms with Crippen molar-refractivity contribution in [3.63, 3.8) is 0 Å². The van der Waals surface area contributed by atoms with Crippen molar-refractivity contribution in [2.75, 3.05) is 19.8 Å². The van der Waals surface area contributed by atoms with Crippen LogP contribution in [0.25, 0.3) is 0 Å². The molecule has 0 bridgehead atoms. The van der Waals surface area contributed by atoms with E-state index in [1.807, 2.05) is 26.8 Å². The molecular formula is C9H16NO3Si. The Morgan fingerprint density at radius 3 is 1.71 bits per heavy atom. The van der Waals surface area contributed by atoms with Crippen LogP contribution >= 0.6 is 0 Å². The summed E-state index contributed by atoms with van der Waals surface area (Å²) in [6, 6.07) is 2.00. The van der Waals surface area contributed by atoms with E-state index in [0.29, 0.717) is 19.8 Å². The summed E-state index contributed by atoms with van der Waals surface area (Å²) >= 11 is 0. The number of hydrogen-bond donors (Lipinski definition) is 0. The van der Waals surface area contributed by atoms with Gasteiger partial charge in [-0.3, -0.25) is 0 Å². The second-order valence-electron chi connectivity index (χ2n) is 2.46. The van der Waals surface area contributed by atoms with Gasteiger partial charge in [0.1, 0.15) is 5.54 Å². The molecule has 79 valence electrons. The molecule has 4 nitrogen and oxygen atoms in total. The average Bonchev–Trinajstić information content (AvgIpc) is 2.17. The van der Waals surface area contributed by atoms with Crippen LogP contribution in [0.5, 0.6) is 0 Å². The van der Waals surface area contributed by atoms with Crippen molar-refractivity contribution in [2.24, 2.45) is 0 Å². The first-order chi connectivity index (χ1) is 6.66. The summed E-state index contributed by atoms with van der Waals surface area (Å²) in [5.41, 5.74) is -0.651. The first kappa shape index (κ1) is 13.6. The van der Waals surface area contributed by atoms with Gasteiger partial charge in [0.15, 0.2) is 0 Å². The topological polar surface area (TPSA) is 51.5 Å². The molecule has 0 saturated carbocycles. The van der Waals surface area contributed by atoms with Gasteiger partial charge in [-0.25, -0.2) is 0 Å². The SMILES string of the molecule is CCOC(OCC)(OCC)C([Si])C#N. The Hall–Kier alpha value is -0.413. The van der Waals surface area contributed by atoms with E-state index in [9.17, 15) is 0 Å². The standard InChI is InChI=1S/C9H16NO3Si/c1-4-11-9(12-5-2,13-6-3)8(14)7-10/h8H,4-6H2,1-3H3. The number of nitriles is 1. The van der Waals surface area contributed by atoms with E-state index in [4.69, 9.17) is 19.5 Å². The molecule has 0 amide bonds. The largest absolute Gasteiger partial charge is 0.327 e. The molecule has 5 heteroatoms. The summed E-state index contributed by atoms with van der Waals surface area (Å²) in [5, 5.41) is 8.81. The average molecular weight is 214 g/mol. The molecule has 3 radical (unpaired) electrons. The minimum Gasteiger partial charge on any atom is -0.327 e. The summed E-state index contributed by atoms with van der Waals surface area (Å²) in [4.78, 5) is 0. The van der Waals surface area contributed by atoms with Crippen LogP contribution in [0.1, 0.15) is 20.8 Å². The lowest BCUT2D eigenvalue weighted by molar-refractivity contribution is -0.373. The third-order valence-electron chi connectivity index (χ3n) is 1.52. The van der Waals surface area contributed by atoms with Crippen molar-refractivity contribution >= 4 is 10.2 Å². The third kappa shape index (κ3) is 3.39. The first-order valence-corrected chi connectivity index (χ1v) is 5.27. The van der Waals surface area contributed by atoms with Gasteiger partial charge < -0.3 is 14.2 Å². The minimum absolute atomic E-state index is 0.419. The lowest BCUT2D eigenvalue weighted by atomic mass is 10.3. The van der Waals surface area contributed by atoms with E-state index < -0.39 is 11.5 Å². The van der Waals surface area contributed by atoms with Crippen LogP contribution in [0.15, 0.2) is 0 Å². The summed E-state index contributed by atoms with van der Waals surface area (Å²) in [7, 11) is 3.22. The second kappa shape index (κ2) is 6.96. The zero-order valence-corrected chi connectivity index (χ0v) is 9.87. The van der Waals surface area contributed by atoms with Crippen molar-refractivity contribution in [1.82, 2.24) is 0 Å². The lowest BCUT2D eigenvalue weighted by Gasteiger charge is -2.34. The molecule has 0 saturated heterocycles. The van der Waals surface area contributed by atoms with Crippen molar-refractivity contribution < 1.29 is 14.2 Å². The Morgan fingerprint density at radius 1 is 1.14 bits per heavy atom. The van der Waals surface area contributed by atoms with Gasteiger partial charge in [0.25, 0.3) is 5.97 Å².